The third-order valence-electron chi connectivity index (χ3n) is 3.23. The number of aromatic nitrogens is 2. The molecule has 3 rings (SSSR count). The van der Waals surface area contributed by atoms with Crippen LogP contribution in [0.2, 0.25) is 0 Å². The Kier molecular flexibility index (Phi) is 2.67. The van der Waals surface area contributed by atoms with Crippen LogP contribution < -0.4 is 5.32 Å². The van der Waals surface area contributed by atoms with Gasteiger partial charge in [0.1, 0.15) is 5.52 Å². The van der Waals surface area contributed by atoms with Gasteiger partial charge in [0.25, 0.3) is 5.91 Å². The minimum absolute atomic E-state index is 0.126. The van der Waals surface area contributed by atoms with E-state index in [1.165, 1.54) is 0 Å². The Bertz CT molecular complexity index is 605. The van der Waals surface area contributed by atoms with Crippen LogP contribution in [0.1, 0.15) is 23.2 Å². The molecule has 1 aliphatic rings. The molecule has 1 fully saturated rings. The summed E-state index contributed by atoms with van der Waals surface area (Å²) in [7, 11) is 0. The molecule has 92 valence electrons. The second-order valence-electron chi connectivity index (χ2n) is 4.60. The number of amides is 1. The van der Waals surface area contributed by atoms with Crippen LogP contribution >= 0.6 is 11.6 Å². The smallest absolute Gasteiger partial charge is 0.254 e. The van der Waals surface area contributed by atoms with Gasteiger partial charge in [-0.1, -0.05) is 6.07 Å². The first-order valence-electron chi connectivity index (χ1n) is 5.82. The minimum atomic E-state index is -0.205. The third kappa shape index (κ3) is 1.93. The zero-order valence-electron chi connectivity index (χ0n) is 9.69. The van der Waals surface area contributed by atoms with E-state index in [0.717, 1.165) is 18.4 Å². The Morgan fingerprint density at radius 3 is 2.83 bits per heavy atom. The lowest BCUT2D eigenvalue weighted by Crippen LogP contribution is -2.38. The van der Waals surface area contributed by atoms with Crippen molar-refractivity contribution < 1.29 is 4.79 Å². The Hall–Kier alpha value is -1.68. The van der Waals surface area contributed by atoms with E-state index in [1.54, 1.807) is 18.5 Å². The minimum Gasteiger partial charge on any atom is -0.345 e. The van der Waals surface area contributed by atoms with Crippen molar-refractivity contribution in [2.45, 2.75) is 18.4 Å². The number of hydrogen-bond donors (Lipinski definition) is 1. The van der Waals surface area contributed by atoms with Gasteiger partial charge in [0.05, 0.1) is 16.6 Å². The second-order valence-corrected chi connectivity index (χ2v) is 4.86. The summed E-state index contributed by atoms with van der Waals surface area (Å²) in [4.78, 5) is 20.6. The summed E-state index contributed by atoms with van der Waals surface area (Å²) in [6.07, 6.45) is 5.09. The van der Waals surface area contributed by atoms with E-state index in [2.05, 4.69) is 15.3 Å². The van der Waals surface area contributed by atoms with E-state index in [1.807, 2.05) is 12.1 Å². The summed E-state index contributed by atoms with van der Waals surface area (Å²) in [5, 5.41) is 2.99. The number of para-hydroxylation sites is 1. The quantitative estimate of drug-likeness (QED) is 0.861. The molecule has 0 atom stereocenters. The molecule has 1 N–H and O–H groups in total. The average molecular weight is 262 g/mol. The predicted molar refractivity (Wildman–Crippen MR) is 69.7 cm³/mol. The van der Waals surface area contributed by atoms with Gasteiger partial charge in [-0.2, -0.15) is 0 Å². The number of carbonyl (C=O) groups is 1. The Morgan fingerprint density at radius 2 is 2.11 bits per heavy atom. The fourth-order valence-corrected chi connectivity index (χ4v) is 2.26. The number of halogens is 1. The van der Waals surface area contributed by atoms with E-state index in [-0.39, 0.29) is 11.4 Å². The van der Waals surface area contributed by atoms with Crippen LogP contribution in [-0.4, -0.2) is 27.3 Å². The van der Waals surface area contributed by atoms with Gasteiger partial charge in [-0.05, 0) is 25.0 Å². The first-order valence-corrected chi connectivity index (χ1v) is 6.36. The molecule has 1 heterocycles. The molecule has 0 unspecified atom stereocenters. The number of rotatable bonds is 3. The lowest BCUT2D eigenvalue weighted by atomic mass is 10.1. The predicted octanol–water partition coefficient (Wildman–Crippen LogP) is 2.13. The summed E-state index contributed by atoms with van der Waals surface area (Å²) in [6.45, 7) is 0. The largest absolute Gasteiger partial charge is 0.345 e. The molecular formula is C13H12ClN3O. The van der Waals surface area contributed by atoms with Crippen molar-refractivity contribution in [1.82, 2.24) is 15.3 Å². The van der Waals surface area contributed by atoms with Gasteiger partial charge < -0.3 is 5.32 Å². The topological polar surface area (TPSA) is 54.9 Å². The molecule has 2 aromatic rings. The van der Waals surface area contributed by atoms with Gasteiger partial charge >= 0.3 is 0 Å². The summed E-state index contributed by atoms with van der Waals surface area (Å²) in [5.41, 5.74) is 1.70. The highest BCUT2D eigenvalue weighted by Gasteiger charge is 2.43. The third-order valence-corrected chi connectivity index (χ3v) is 3.74. The Morgan fingerprint density at radius 1 is 1.33 bits per heavy atom. The molecule has 0 bridgehead atoms. The number of carbonyl (C=O) groups excluding carboxylic acids is 1. The maximum Gasteiger partial charge on any atom is 0.254 e. The standard InChI is InChI=1S/C13H12ClN3O/c14-8-13(4-5-13)17-12(18)9-2-1-3-10-11(9)16-7-6-15-10/h1-3,6-7H,4-5,8H2,(H,17,18). The summed E-state index contributed by atoms with van der Waals surface area (Å²) in [6, 6.07) is 5.41. The molecule has 1 aromatic carbocycles. The van der Waals surface area contributed by atoms with Crippen LogP contribution in [0, 0.1) is 0 Å². The molecule has 1 aliphatic carbocycles. The van der Waals surface area contributed by atoms with Crippen molar-refractivity contribution in [3.05, 3.63) is 36.2 Å². The molecule has 0 saturated heterocycles. The van der Waals surface area contributed by atoms with Crippen molar-refractivity contribution in [2.24, 2.45) is 0 Å². The van der Waals surface area contributed by atoms with Crippen LogP contribution in [0.5, 0.6) is 0 Å². The van der Waals surface area contributed by atoms with Gasteiger partial charge in [-0.3, -0.25) is 14.8 Å². The van der Waals surface area contributed by atoms with Crippen molar-refractivity contribution in [1.29, 1.82) is 0 Å². The zero-order chi connectivity index (χ0) is 12.6. The summed E-state index contributed by atoms with van der Waals surface area (Å²) >= 11 is 5.86. The summed E-state index contributed by atoms with van der Waals surface area (Å²) in [5.74, 6) is 0.328. The molecule has 1 aromatic heterocycles. The average Bonchev–Trinajstić information content (AvgIpc) is 3.18. The van der Waals surface area contributed by atoms with Gasteiger partial charge in [0, 0.05) is 18.3 Å². The van der Waals surface area contributed by atoms with Crippen molar-refractivity contribution in [3.63, 3.8) is 0 Å². The Labute approximate surface area is 109 Å². The molecule has 18 heavy (non-hydrogen) atoms. The second kappa shape index (κ2) is 4.21. The molecule has 5 heteroatoms. The van der Waals surface area contributed by atoms with E-state index in [4.69, 9.17) is 11.6 Å². The molecule has 0 spiro atoms. The maximum absolute atomic E-state index is 12.2. The number of nitrogens with one attached hydrogen (secondary N) is 1. The van der Waals surface area contributed by atoms with Crippen molar-refractivity contribution in [2.75, 3.05) is 5.88 Å². The van der Waals surface area contributed by atoms with E-state index >= 15 is 0 Å². The molecular weight excluding hydrogens is 250 g/mol. The molecule has 0 radical (unpaired) electrons. The molecule has 1 amide bonds. The van der Waals surface area contributed by atoms with Crippen LogP contribution in [0.15, 0.2) is 30.6 Å². The maximum atomic E-state index is 12.2. The van der Waals surface area contributed by atoms with Crippen molar-refractivity contribution >= 4 is 28.5 Å². The van der Waals surface area contributed by atoms with Crippen LogP contribution in [-0.2, 0) is 0 Å². The first-order chi connectivity index (χ1) is 8.74. The van der Waals surface area contributed by atoms with Gasteiger partial charge in [0.2, 0.25) is 0 Å². The summed E-state index contributed by atoms with van der Waals surface area (Å²) < 4.78 is 0. The highest BCUT2D eigenvalue weighted by atomic mass is 35.5. The normalized spacial score (nSPS) is 16.5. The van der Waals surface area contributed by atoms with Crippen LogP contribution in [0.3, 0.4) is 0 Å². The highest BCUT2D eigenvalue weighted by Crippen LogP contribution is 2.36. The monoisotopic (exact) mass is 261 g/mol. The number of benzene rings is 1. The van der Waals surface area contributed by atoms with Gasteiger partial charge in [-0.25, -0.2) is 0 Å². The number of alkyl halides is 1. The number of hydrogen-bond acceptors (Lipinski definition) is 3. The fraction of sp³-hybridized carbons (Fsp3) is 0.308. The molecule has 0 aliphatic heterocycles. The SMILES string of the molecule is O=C(NC1(CCl)CC1)c1cccc2nccnc12. The highest BCUT2D eigenvalue weighted by molar-refractivity contribution is 6.19. The van der Waals surface area contributed by atoms with Crippen LogP contribution in [0.25, 0.3) is 11.0 Å². The lowest BCUT2D eigenvalue weighted by molar-refractivity contribution is 0.0937. The molecule has 1 saturated carbocycles. The number of fused-ring (bicyclic) bond motifs is 1. The van der Waals surface area contributed by atoms with Gasteiger partial charge in [-0.15, -0.1) is 11.6 Å². The van der Waals surface area contributed by atoms with Crippen molar-refractivity contribution in [3.8, 4) is 0 Å². The zero-order valence-corrected chi connectivity index (χ0v) is 10.4. The Balaban J connectivity index is 1.96. The molecule has 4 nitrogen and oxygen atoms in total. The van der Waals surface area contributed by atoms with E-state index < -0.39 is 0 Å². The fourth-order valence-electron chi connectivity index (χ4n) is 1.93. The van der Waals surface area contributed by atoms with E-state index in [9.17, 15) is 4.79 Å². The number of nitrogens with zero attached hydrogens (tertiary/aromatic N) is 2. The first kappa shape index (κ1) is 11.4. The van der Waals surface area contributed by atoms with E-state index in [0.29, 0.717) is 17.0 Å². The van der Waals surface area contributed by atoms with Gasteiger partial charge in [0.15, 0.2) is 0 Å². The van der Waals surface area contributed by atoms with Crippen LogP contribution in [0.4, 0.5) is 0 Å². The lowest BCUT2D eigenvalue weighted by Gasteiger charge is -2.14.